The van der Waals surface area contributed by atoms with Crippen LogP contribution in [0.5, 0.6) is 0 Å². The molecule has 0 N–H and O–H groups in total. The van der Waals surface area contributed by atoms with Crippen molar-refractivity contribution in [2.75, 3.05) is 5.01 Å². The Balaban J connectivity index is 2.41. The highest BCUT2D eigenvalue weighted by atomic mass is 35.5. The lowest BCUT2D eigenvalue weighted by atomic mass is 10.1. The summed E-state index contributed by atoms with van der Waals surface area (Å²) in [6, 6.07) is 4.99. The van der Waals surface area contributed by atoms with Crippen LogP contribution in [0.15, 0.2) is 23.3 Å². The standard InChI is InChI=1S/C12H11ClN2O3/c1-7-2-3-8(6-9(7)13)15-11(16)5-4-10(14-15)12(17)18/h2-3,6H,4-5H2,1H3,(H,17,18)/p-1. The number of aliphatic carboxylic acids is 1. The number of carboxylic acid groups (broad SMARTS) is 1. The number of hydrazone groups is 1. The Labute approximate surface area is 109 Å². The topological polar surface area (TPSA) is 72.8 Å². The van der Waals surface area contributed by atoms with Gasteiger partial charge in [-0.15, -0.1) is 0 Å². The number of amides is 1. The maximum Gasteiger partial charge on any atom is 0.247 e. The summed E-state index contributed by atoms with van der Waals surface area (Å²) in [6.07, 6.45) is 0.190. The van der Waals surface area contributed by atoms with E-state index in [1.807, 2.05) is 6.92 Å². The molecule has 0 atom stereocenters. The van der Waals surface area contributed by atoms with Crippen LogP contribution in [0.3, 0.4) is 0 Å². The summed E-state index contributed by atoms with van der Waals surface area (Å²) in [5.41, 5.74) is 1.19. The zero-order chi connectivity index (χ0) is 13.3. The Morgan fingerprint density at radius 3 is 2.78 bits per heavy atom. The van der Waals surface area contributed by atoms with Gasteiger partial charge in [0.2, 0.25) is 5.91 Å². The number of carbonyl (C=O) groups is 2. The molecule has 0 saturated heterocycles. The van der Waals surface area contributed by atoms with Gasteiger partial charge >= 0.3 is 0 Å². The van der Waals surface area contributed by atoms with Gasteiger partial charge in [-0.1, -0.05) is 17.7 Å². The predicted molar refractivity (Wildman–Crippen MR) is 65.4 cm³/mol. The average molecular weight is 266 g/mol. The van der Waals surface area contributed by atoms with Crippen LogP contribution in [-0.4, -0.2) is 17.6 Å². The van der Waals surface area contributed by atoms with Gasteiger partial charge in [-0.05, 0) is 24.6 Å². The number of nitrogens with zero attached hydrogens (tertiary/aromatic N) is 2. The molecule has 0 unspecified atom stereocenters. The molecule has 1 aromatic carbocycles. The second kappa shape index (κ2) is 4.78. The summed E-state index contributed by atoms with van der Waals surface area (Å²) >= 11 is 5.96. The Morgan fingerprint density at radius 1 is 1.44 bits per heavy atom. The van der Waals surface area contributed by atoms with Crippen molar-refractivity contribution in [3.05, 3.63) is 28.8 Å². The molecule has 18 heavy (non-hydrogen) atoms. The monoisotopic (exact) mass is 265 g/mol. The van der Waals surface area contributed by atoms with Crippen LogP contribution in [0.4, 0.5) is 5.69 Å². The van der Waals surface area contributed by atoms with Crippen LogP contribution in [-0.2, 0) is 9.59 Å². The highest BCUT2D eigenvalue weighted by Crippen LogP contribution is 2.25. The molecule has 1 aliphatic rings. The fourth-order valence-corrected chi connectivity index (χ4v) is 1.79. The highest BCUT2D eigenvalue weighted by Gasteiger charge is 2.22. The molecule has 1 aliphatic heterocycles. The molecule has 6 heteroatoms. The van der Waals surface area contributed by atoms with Crippen molar-refractivity contribution < 1.29 is 14.7 Å². The van der Waals surface area contributed by atoms with E-state index in [2.05, 4.69) is 5.10 Å². The lowest BCUT2D eigenvalue weighted by molar-refractivity contribution is -0.294. The van der Waals surface area contributed by atoms with Gasteiger partial charge in [0.15, 0.2) is 0 Å². The maximum absolute atomic E-state index is 11.7. The summed E-state index contributed by atoms with van der Waals surface area (Å²) in [4.78, 5) is 22.5. The number of carboxylic acids is 1. The number of halogens is 1. The van der Waals surface area contributed by atoms with Crippen molar-refractivity contribution in [3.63, 3.8) is 0 Å². The highest BCUT2D eigenvalue weighted by molar-refractivity contribution is 6.36. The zero-order valence-electron chi connectivity index (χ0n) is 9.64. The third-order valence-corrected chi connectivity index (χ3v) is 3.08. The predicted octanol–water partition coefficient (Wildman–Crippen LogP) is 0.881. The molecule has 1 aromatic rings. The Bertz CT molecular complexity index is 554. The van der Waals surface area contributed by atoms with Crippen molar-refractivity contribution >= 4 is 34.9 Å². The molecular weight excluding hydrogens is 256 g/mol. The minimum absolute atomic E-state index is 0.0945. The molecule has 0 saturated carbocycles. The van der Waals surface area contributed by atoms with Crippen LogP contribution in [0, 0.1) is 6.92 Å². The first-order valence-electron chi connectivity index (χ1n) is 5.37. The third kappa shape index (κ3) is 2.36. The van der Waals surface area contributed by atoms with E-state index >= 15 is 0 Å². The second-order valence-corrected chi connectivity index (χ2v) is 4.38. The van der Waals surface area contributed by atoms with Crippen molar-refractivity contribution in [3.8, 4) is 0 Å². The molecule has 1 amide bonds. The summed E-state index contributed by atoms with van der Waals surface area (Å²) in [6.45, 7) is 1.83. The normalized spacial score (nSPS) is 15.6. The summed E-state index contributed by atoms with van der Waals surface area (Å²) in [5, 5.41) is 16.1. The minimum Gasteiger partial charge on any atom is -0.543 e. The van der Waals surface area contributed by atoms with Crippen LogP contribution < -0.4 is 10.1 Å². The third-order valence-electron chi connectivity index (χ3n) is 2.67. The molecule has 0 radical (unpaired) electrons. The van der Waals surface area contributed by atoms with Crippen LogP contribution >= 0.6 is 11.6 Å². The van der Waals surface area contributed by atoms with Gasteiger partial charge < -0.3 is 9.90 Å². The van der Waals surface area contributed by atoms with E-state index in [0.29, 0.717) is 10.7 Å². The van der Waals surface area contributed by atoms with Crippen molar-refractivity contribution in [1.82, 2.24) is 0 Å². The van der Waals surface area contributed by atoms with Gasteiger partial charge in [0.1, 0.15) is 0 Å². The van der Waals surface area contributed by atoms with Gasteiger partial charge in [0.25, 0.3) is 0 Å². The van der Waals surface area contributed by atoms with Crippen molar-refractivity contribution in [2.24, 2.45) is 5.10 Å². The minimum atomic E-state index is -1.36. The number of hydrogen-bond donors (Lipinski definition) is 0. The van der Waals surface area contributed by atoms with E-state index in [4.69, 9.17) is 11.6 Å². The molecule has 5 nitrogen and oxygen atoms in total. The van der Waals surface area contributed by atoms with Gasteiger partial charge in [0.05, 0.1) is 17.4 Å². The fourth-order valence-electron chi connectivity index (χ4n) is 1.62. The Hall–Kier alpha value is -1.88. The summed E-state index contributed by atoms with van der Waals surface area (Å²) in [7, 11) is 0. The molecule has 0 bridgehead atoms. The largest absolute Gasteiger partial charge is 0.543 e. The smallest absolute Gasteiger partial charge is 0.247 e. The first-order valence-corrected chi connectivity index (χ1v) is 5.75. The molecule has 0 fully saturated rings. The second-order valence-electron chi connectivity index (χ2n) is 3.97. The maximum atomic E-state index is 11.7. The van der Waals surface area contributed by atoms with E-state index in [1.54, 1.807) is 18.2 Å². The van der Waals surface area contributed by atoms with E-state index in [0.717, 1.165) is 10.6 Å². The van der Waals surface area contributed by atoms with Crippen LogP contribution in [0.2, 0.25) is 5.02 Å². The quantitative estimate of drug-likeness (QED) is 0.797. The van der Waals surface area contributed by atoms with Gasteiger partial charge in [-0.25, -0.2) is 5.01 Å². The first-order chi connectivity index (χ1) is 8.49. The van der Waals surface area contributed by atoms with E-state index in [1.165, 1.54) is 0 Å². The van der Waals surface area contributed by atoms with Crippen LogP contribution in [0.1, 0.15) is 18.4 Å². The van der Waals surface area contributed by atoms with Crippen LogP contribution in [0.25, 0.3) is 0 Å². The molecule has 0 spiro atoms. The lowest BCUT2D eigenvalue weighted by Gasteiger charge is -2.24. The molecule has 1 heterocycles. The van der Waals surface area contributed by atoms with Crippen molar-refractivity contribution in [2.45, 2.75) is 19.8 Å². The Morgan fingerprint density at radius 2 is 2.17 bits per heavy atom. The SMILES string of the molecule is Cc1ccc(N2N=C(C(=O)[O-])CCC2=O)cc1Cl. The number of rotatable bonds is 2. The van der Waals surface area contributed by atoms with Gasteiger partial charge in [-0.2, -0.15) is 5.10 Å². The average Bonchev–Trinajstić information content (AvgIpc) is 2.33. The fraction of sp³-hybridized carbons (Fsp3) is 0.250. The number of carbonyl (C=O) groups excluding carboxylic acids is 2. The molecule has 0 aliphatic carbocycles. The first kappa shape index (κ1) is 12.6. The number of aryl methyl sites for hydroxylation is 1. The number of benzene rings is 1. The van der Waals surface area contributed by atoms with E-state index in [9.17, 15) is 14.7 Å². The zero-order valence-corrected chi connectivity index (χ0v) is 10.4. The Kier molecular flexibility index (Phi) is 3.34. The van der Waals surface area contributed by atoms with E-state index in [-0.39, 0.29) is 24.5 Å². The number of anilines is 1. The molecule has 94 valence electrons. The summed E-state index contributed by atoms with van der Waals surface area (Å²) in [5.74, 6) is -1.62. The molecule has 0 aromatic heterocycles. The van der Waals surface area contributed by atoms with Gasteiger partial charge in [0, 0.05) is 17.9 Å². The van der Waals surface area contributed by atoms with Crippen molar-refractivity contribution in [1.29, 1.82) is 0 Å². The lowest BCUT2D eigenvalue weighted by Crippen LogP contribution is -2.39. The van der Waals surface area contributed by atoms with E-state index < -0.39 is 5.97 Å². The summed E-state index contributed by atoms with van der Waals surface area (Å²) < 4.78 is 0. The molecule has 2 rings (SSSR count). The number of hydrogen-bond acceptors (Lipinski definition) is 4. The molecular formula is C12H10ClN2O3-. The van der Waals surface area contributed by atoms with Gasteiger partial charge in [-0.3, -0.25) is 4.79 Å².